The lowest BCUT2D eigenvalue weighted by atomic mass is 10.2. The van der Waals surface area contributed by atoms with Crippen molar-refractivity contribution in [2.24, 2.45) is 4.99 Å². The Morgan fingerprint density at radius 2 is 1.93 bits per heavy atom. The molecule has 3 N–H and O–H groups in total. The molecule has 0 unspecified atom stereocenters. The first-order valence-electron chi connectivity index (χ1n) is 9.92. The molecule has 0 saturated carbocycles. The molecule has 1 aromatic carbocycles. The van der Waals surface area contributed by atoms with Crippen LogP contribution in [-0.2, 0) is 21.3 Å². The number of rotatable bonds is 11. The number of aliphatic imine (C=N–C) groups is 1. The van der Waals surface area contributed by atoms with Gasteiger partial charge in [0.2, 0.25) is 10.0 Å². The summed E-state index contributed by atoms with van der Waals surface area (Å²) in [5.74, 6) is 0.653. The minimum absolute atomic E-state index is 0.00196. The molecule has 28 heavy (non-hydrogen) atoms. The molecular formula is C19H33N5O3S. The van der Waals surface area contributed by atoms with Crippen LogP contribution in [0.2, 0.25) is 0 Å². The maximum atomic E-state index is 12.2. The third-order valence-electron chi connectivity index (χ3n) is 4.35. The summed E-state index contributed by atoms with van der Waals surface area (Å²) in [6.45, 7) is 8.61. The molecule has 1 heterocycles. The molecule has 1 aliphatic heterocycles. The van der Waals surface area contributed by atoms with Gasteiger partial charge in [-0.3, -0.25) is 9.89 Å². The Bertz CT molecular complexity index is 676. The maximum absolute atomic E-state index is 12.2. The summed E-state index contributed by atoms with van der Waals surface area (Å²) in [7, 11) is -3.34. The SMILES string of the molecule is CCNC(=NCCCN1CCOCC1)NCCS(=O)(=O)NCc1ccccc1. The van der Waals surface area contributed by atoms with Crippen molar-refractivity contribution in [1.29, 1.82) is 0 Å². The zero-order chi connectivity index (χ0) is 20.1. The molecule has 1 fully saturated rings. The van der Waals surface area contributed by atoms with Gasteiger partial charge in [-0.25, -0.2) is 13.1 Å². The number of ether oxygens (including phenoxy) is 1. The number of nitrogens with one attached hydrogen (secondary N) is 3. The van der Waals surface area contributed by atoms with Crippen molar-refractivity contribution in [3.05, 3.63) is 35.9 Å². The van der Waals surface area contributed by atoms with Gasteiger partial charge in [0.15, 0.2) is 5.96 Å². The van der Waals surface area contributed by atoms with Gasteiger partial charge in [-0.05, 0) is 18.9 Å². The van der Waals surface area contributed by atoms with Crippen LogP contribution in [0.25, 0.3) is 0 Å². The van der Waals surface area contributed by atoms with E-state index in [1.54, 1.807) is 0 Å². The van der Waals surface area contributed by atoms with E-state index >= 15 is 0 Å². The van der Waals surface area contributed by atoms with Crippen LogP contribution in [0, 0.1) is 0 Å². The normalized spacial score (nSPS) is 16.1. The minimum atomic E-state index is -3.34. The fraction of sp³-hybridized carbons (Fsp3) is 0.632. The molecular weight excluding hydrogens is 378 g/mol. The molecule has 0 atom stereocenters. The molecule has 1 aliphatic rings. The maximum Gasteiger partial charge on any atom is 0.213 e. The Morgan fingerprint density at radius 3 is 2.64 bits per heavy atom. The molecule has 2 rings (SSSR count). The molecule has 0 spiro atoms. The fourth-order valence-electron chi connectivity index (χ4n) is 2.82. The molecule has 1 saturated heterocycles. The van der Waals surface area contributed by atoms with Crippen molar-refractivity contribution >= 4 is 16.0 Å². The van der Waals surface area contributed by atoms with E-state index in [1.165, 1.54) is 0 Å². The molecule has 0 aliphatic carbocycles. The Morgan fingerprint density at radius 1 is 1.18 bits per heavy atom. The summed E-state index contributed by atoms with van der Waals surface area (Å²) in [5, 5.41) is 6.25. The molecule has 0 aromatic heterocycles. The average molecular weight is 412 g/mol. The Labute approximate surface area is 168 Å². The van der Waals surface area contributed by atoms with E-state index in [0.717, 1.165) is 51.4 Å². The molecule has 0 bridgehead atoms. The van der Waals surface area contributed by atoms with Crippen LogP contribution in [-0.4, -0.2) is 77.5 Å². The van der Waals surface area contributed by atoms with E-state index in [2.05, 4.69) is 25.2 Å². The second kappa shape index (κ2) is 12.7. The minimum Gasteiger partial charge on any atom is -0.379 e. The Kier molecular flexibility index (Phi) is 10.3. The van der Waals surface area contributed by atoms with Gasteiger partial charge in [0.25, 0.3) is 0 Å². The van der Waals surface area contributed by atoms with Crippen LogP contribution in [0.4, 0.5) is 0 Å². The Hall–Kier alpha value is -1.68. The standard InChI is InChI=1S/C19H33N5O3S/c1-2-20-19(21-9-6-11-24-12-14-27-15-13-24)22-10-16-28(25,26)23-17-18-7-4-3-5-8-18/h3-5,7-8,23H,2,6,9-17H2,1H3,(H2,20,21,22). The third-order valence-corrected chi connectivity index (χ3v) is 5.68. The summed E-state index contributed by atoms with van der Waals surface area (Å²) < 4.78 is 32.3. The van der Waals surface area contributed by atoms with Gasteiger partial charge in [0.05, 0.1) is 19.0 Å². The monoisotopic (exact) mass is 411 g/mol. The van der Waals surface area contributed by atoms with Gasteiger partial charge in [-0.1, -0.05) is 30.3 Å². The second-order valence-corrected chi connectivity index (χ2v) is 8.55. The van der Waals surface area contributed by atoms with E-state index in [4.69, 9.17) is 4.74 Å². The highest BCUT2D eigenvalue weighted by atomic mass is 32.2. The van der Waals surface area contributed by atoms with Crippen LogP contribution >= 0.6 is 0 Å². The smallest absolute Gasteiger partial charge is 0.213 e. The first-order chi connectivity index (χ1) is 13.6. The number of hydrogen-bond donors (Lipinski definition) is 3. The molecule has 1 aromatic rings. The number of nitrogens with zero attached hydrogens (tertiary/aromatic N) is 2. The molecule has 158 valence electrons. The van der Waals surface area contributed by atoms with Crippen molar-refractivity contribution in [3.63, 3.8) is 0 Å². The van der Waals surface area contributed by atoms with E-state index in [1.807, 2.05) is 37.3 Å². The highest BCUT2D eigenvalue weighted by Crippen LogP contribution is 1.99. The van der Waals surface area contributed by atoms with Crippen LogP contribution in [0.15, 0.2) is 35.3 Å². The molecule has 0 amide bonds. The lowest BCUT2D eigenvalue weighted by Gasteiger charge is -2.26. The van der Waals surface area contributed by atoms with E-state index in [9.17, 15) is 8.42 Å². The van der Waals surface area contributed by atoms with Crippen molar-refractivity contribution in [3.8, 4) is 0 Å². The molecule has 9 heteroatoms. The van der Waals surface area contributed by atoms with Crippen molar-refractivity contribution in [2.45, 2.75) is 19.9 Å². The van der Waals surface area contributed by atoms with E-state index in [-0.39, 0.29) is 5.75 Å². The van der Waals surface area contributed by atoms with Gasteiger partial charge in [0.1, 0.15) is 0 Å². The van der Waals surface area contributed by atoms with Crippen LogP contribution in [0.3, 0.4) is 0 Å². The van der Waals surface area contributed by atoms with Crippen molar-refractivity contribution < 1.29 is 13.2 Å². The summed E-state index contributed by atoms with van der Waals surface area (Å²) in [5.41, 5.74) is 0.939. The zero-order valence-corrected chi connectivity index (χ0v) is 17.5. The predicted molar refractivity (Wildman–Crippen MR) is 113 cm³/mol. The largest absolute Gasteiger partial charge is 0.379 e. The quantitative estimate of drug-likeness (QED) is 0.277. The van der Waals surface area contributed by atoms with Gasteiger partial charge >= 0.3 is 0 Å². The lowest BCUT2D eigenvalue weighted by molar-refractivity contribution is 0.0377. The number of guanidine groups is 1. The molecule has 8 nitrogen and oxygen atoms in total. The van der Waals surface area contributed by atoms with Crippen molar-refractivity contribution in [1.82, 2.24) is 20.3 Å². The number of hydrogen-bond acceptors (Lipinski definition) is 5. The number of sulfonamides is 1. The van der Waals surface area contributed by atoms with Crippen molar-refractivity contribution in [2.75, 3.05) is 58.2 Å². The molecule has 0 radical (unpaired) electrons. The highest BCUT2D eigenvalue weighted by molar-refractivity contribution is 7.89. The summed E-state index contributed by atoms with van der Waals surface area (Å²) >= 11 is 0. The lowest BCUT2D eigenvalue weighted by Crippen LogP contribution is -2.41. The predicted octanol–water partition coefficient (Wildman–Crippen LogP) is 0.383. The van der Waals surface area contributed by atoms with Crippen LogP contribution in [0.5, 0.6) is 0 Å². The first-order valence-corrected chi connectivity index (χ1v) is 11.6. The van der Waals surface area contributed by atoms with Crippen LogP contribution < -0.4 is 15.4 Å². The zero-order valence-electron chi connectivity index (χ0n) is 16.7. The van der Waals surface area contributed by atoms with E-state index < -0.39 is 10.0 Å². The van der Waals surface area contributed by atoms with Crippen LogP contribution in [0.1, 0.15) is 18.9 Å². The fourth-order valence-corrected chi connectivity index (χ4v) is 3.72. The second-order valence-electron chi connectivity index (χ2n) is 6.62. The topological polar surface area (TPSA) is 95.1 Å². The average Bonchev–Trinajstić information content (AvgIpc) is 2.71. The first kappa shape index (κ1) is 22.6. The highest BCUT2D eigenvalue weighted by Gasteiger charge is 2.11. The number of morpholine rings is 1. The van der Waals surface area contributed by atoms with Gasteiger partial charge in [-0.2, -0.15) is 0 Å². The third kappa shape index (κ3) is 9.50. The summed E-state index contributed by atoms with van der Waals surface area (Å²) in [6.07, 6.45) is 0.966. The van der Waals surface area contributed by atoms with Gasteiger partial charge in [0, 0.05) is 45.8 Å². The van der Waals surface area contributed by atoms with E-state index in [0.29, 0.717) is 25.6 Å². The van der Waals surface area contributed by atoms with Gasteiger partial charge in [-0.15, -0.1) is 0 Å². The summed E-state index contributed by atoms with van der Waals surface area (Å²) in [6, 6.07) is 9.48. The Balaban J connectivity index is 1.67. The summed E-state index contributed by atoms with van der Waals surface area (Å²) in [4.78, 5) is 6.91. The number of benzene rings is 1. The van der Waals surface area contributed by atoms with Gasteiger partial charge < -0.3 is 15.4 Å².